The van der Waals surface area contributed by atoms with Crippen molar-refractivity contribution >= 4 is 5.91 Å². The predicted octanol–water partition coefficient (Wildman–Crippen LogP) is 1.33. The van der Waals surface area contributed by atoms with Gasteiger partial charge in [-0.15, -0.1) is 0 Å². The van der Waals surface area contributed by atoms with Crippen LogP contribution in [-0.4, -0.2) is 24.2 Å². The number of rotatable bonds is 1. The average molecular weight is 185 g/mol. The van der Waals surface area contributed by atoms with E-state index in [0.717, 1.165) is 6.42 Å². The molecule has 1 aliphatic heterocycles. The molecule has 76 valence electrons. The van der Waals surface area contributed by atoms with E-state index in [1.165, 1.54) is 0 Å². The normalized spacial score (nSPS) is 28.9. The smallest absolute Gasteiger partial charge is 0.249 e. The van der Waals surface area contributed by atoms with Crippen LogP contribution < -0.4 is 5.32 Å². The predicted molar refractivity (Wildman–Crippen MR) is 51.4 cm³/mol. The van der Waals surface area contributed by atoms with Gasteiger partial charge in [0, 0.05) is 12.1 Å². The Morgan fingerprint density at radius 2 is 2.08 bits per heavy atom. The Balaban J connectivity index is 2.48. The zero-order valence-electron chi connectivity index (χ0n) is 8.89. The van der Waals surface area contributed by atoms with Crippen LogP contribution >= 0.6 is 0 Å². The summed E-state index contributed by atoms with van der Waals surface area (Å²) < 4.78 is 5.36. The molecule has 0 bridgehead atoms. The molecule has 0 unspecified atom stereocenters. The van der Waals surface area contributed by atoms with E-state index in [2.05, 4.69) is 12.2 Å². The lowest BCUT2D eigenvalue weighted by atomic mass is 10.0. The average Bonchev–Trinajstić information content (AvgIpc) is 2.30. The molecule has 3 heteroatoms. The van der Waals surface area contributed by atoms with Crippen molar-refractivity contribution in [1.29, 1.82) is 0 Å². The molecule has 0 aliphatic carbocycles. The molecule has 1 N–H and O–H groups in total. The van der Waals surface area contributed by atoms with Gasteiger partial charge >= 0.3 is 0 Å². The molecule has 0 radical (unpaired) electrons. The first-order valence-electron chi connectivity index (χ1n) is 4.84. The molecule has 0 aromatic rings. The summed E-state index contributed by atoms with van der Waals surface area (Å²) in [5, 5.41) is 2.93. The van der Waals surface area contributed by atoms with Crippen molar-refractivity contribution in [1.82, 2.24) is 5.32 Å². The highest BCUT2D eigenvalue weighted by atomic mass is 16.5. The van der Waals surface area contributed by atoms with Crippen LogP contribution in [0.2, 0.25) is 0 Å². The van der Waals surface area contributed by atoms with Gasteiger partial charge in [0.2, 0.25) is 5.91 Å². The highest BCUT2D eigenvalue weighted by Gasteiger charge is 2.32. The molecule has 1 heterocycles. The van der Waals surface area contributed by atoms with Crippen molar-refractivity contribution in [2.75, 3.05) is 6.61 Å². The Kier molecular flexibility index (Phi) is 2.96. The Hall–Kier alpha value is -0.570. The molecule has 0 aromatic heterocycles. The third kappa shape index (κ3) is 2.99. The van der Waals surface area contributed by atoms with Gasteiger partial charge in [0.25, 0.3) is 0 Å². The number of carbonyl (C=O) groups is 1. The lowest BCUT2D eigenvalue weighted by molar-refractivity contribution is -0.133. The number of amides is 1. The number of ether oxygens (including phenoxy) is 1. The van der Waals surface area contributed by atoms with Gasteiger partial charge in [-0.3, -0.25) is 4.79 Å². The summed E-state index contributed by atoms with van der Waals surface area (Å²) in [7, 11) is 0. The zero-order chi connectivity index (χ0) is 10.1. The molecule has 2 atom stereocenters. The second-order valence-electron chi connectivity index (χ2n) is 4.80. The molecule has 13 heavy (non-hydrogen) atoms. The lowest BCUT2D eigenvalue weighted by Crippen LogP contribution is -2.47. The monoisotopic (exact) mass is 185 g/mol. The molecule has 0 saturated carbocycles. The van der Waals surface area contributed by atoms with Gasteiger partial charge in [0.05, 0.1) is 0 Å². The summed E-state index contributed by atoms with van der Waals surface area (Å²) in [6.07, 6.45) is 0.751. The Labute approximate surface area is 79.8 Å². The third-order valence-electron chi connectivity index (χ3n) is 2.14. The summed E-state index contributed by atoms with van der Waals surface area (Å²) in [5.74, 6) is 0.375. The molecule has 1 amide bonds. The van der Waals surface area contributed by atoms with Gasteiger partial charge in [0.1, 0.15) is 6.10 Å². The third-order valence-corrected chi connectivity index (χ3v) is 2.14. The molecular formula is C10H19NO2. The summed E-state index contributed by atoms with van der Waals surface area (Å²) in [6, 6.07) is 0. The first kappa shape index (κ1) is 10.5. The van der Waals surface area contributed by atoms with Crippen LogP contribution in [0.5, 0.6) is 0 Å². The number of hydrogen-bond acceptors (Lipinski definition) is 2. The van der Waals surface area contributed by atoms with E-state index in [-0.39, 0.29) is 17.6 Å². The lowest BCUT2D eigenvalue weighted by Gasteiger charge is -2.24. The molecule has 0 aromatic carbocycles. The first-order chi connectivity index (χ1) is 5.90. The minimum absolute atomic E-state index is 0.0255. The van der Waals surface area contributed by atoms with E-state index < -0.39 is 0 Å². The van der Waals surface area contributed by atoms with Crippen LogP contribution in [0.25, 0.3) is 0 Å². The number of hydrogen-bond donors (Lipinski definition) is 1. The van der Waals surface area contributed by atoms with Gasteiger partial charge in [-0.1, -0.05) is 6.92 Å². The van der Waals surface area contributed by atoms with Crippen molar-refractivity contribution < 1.29 is 9.53 Å². The van der Waals surface area contributed by atoms with Crippen molar-refractivity contribution in [2.45, 2.75) is 45.8 Å². The quantitative estimate of drug-likeness (QED) is 0.669. The van der Waals surface area contributed by atoms with E-state index >= 15 is 0 Å². The van der Waals surface area contributed by atoms with Crippen molar-refractivity contribution in [3.05, 3.63) is 0 Å². The Morgan fingerprint density at radius 1 is 1.46 bits per heavy atom. The number of nitrogens with one attached hydrogen (secondary N) is 1. The van der Waals surface area contributed by atoms with E-state index in [1.54, 1.807) is 0 Å². The van der Waals surface area contributed by atoms with E-state index in [1.807, 2.05) is 20.8 Å². The van der Waals surface area contributed by atoms with Gasteiger partial charge in [-0.2, -0.15) is 0 Å². The van der Waals surface area contributed by atoms with Crippen LogP contribution in [0.1, 0.15) is 34.1 Å². The van der Waals surface area contributed by atoms with Crippen molar-refractivity contribution in [2.24, 2.45) is 5.92 Å². The summed E-state index contributed by atoms with van der Waals surface area (Å²) in [5.41, 5.74) is -0.164. The number of carbonyl (C=O) groups excluding carboxylic acids is 1. The van der Waals surface area contributed by atoms with Crippen LogP contribution in [0.15, 0.2) is 0 Å². The minimum atomic E-state index is -0.237. The maximum atomic E-state index is 11.6. The Morgan fingerprint density at radius 3 is 2.46 bits per heavy atom. The fourth-order valence-electron chi connectivity index (χ4n) is 1.47. The van der Waals surface area contributed by atoms with E-state index in [0.29, 0.717) is 12.5 Å². The maximum absolute atomic E-state index is 11.6. The van der Waals surface area contributed by atoms with E-state index in [4.69, 9.17) is 4.74 Å². The van der Waals surface area contributed by atoms with Crippen molar-refractivity contribution in [3.63, 3.8) is 0 Å². The second-order valence-corrected chi connectivity index (χ2v) is 4.80. The van der Waals surface area contributed by atoms with Gasteiger partial charge in [0.15, 0.2) is 0 Å². The summed E-state index contributed by atoms with van der Waals surface area (Å²) >= 11 is 0. The van der Waals surface area contributed by atoms with Gasteiger partial charge in [-0.25, -0.2) is 0 Å². The molecule has 3 nitrogen and oxygen atoms in total. The molecule has 0 spiro atoms. The van der Waals surface area contributed by atoms with Crippen LogP contribution in [-0.2, 0) is 9.53 Å². The van der Waals surface area contributed by atoms with Gasteiger partial charge < -0.3 is 10.1 Å². The SMILES string of the molecule is C[C@@H]1CCO[C@@H]1C(=O)NC(C)(C)C. The minimum Gasteiger partial charge on any atom is -0.368 e. The highest BCUT2D eigenvalue weighted by Crippen LogP contribution is 2.20. The van der Waals surface area contributed by atoms with Crippen LogP contribution in [0.4, 0.5) is 0 Å². The summed E-state index contributed by atoms with van der Waals surface area (Å²) in [6.45, 7) is 8.70. The topological polar surface area (TPSA) is 38.3 Å². The molecule has 1 aliphatic rings. The summed E-state index contributed by atoms with van der Waals surface area (Å²) in [4.78, 5) is 11.6. The molecule has 1 rings (SSSR count). The van der Waals surface area contributed by atoms with Gasteiger partial charge in [-0.05, 0) is 33.1 Å². The second kappa shape index (κ2) is 3.66. The van der Waals surface area contributed by atoms with Crippen molar-refractivity contribution in [3.8, 4) is 0 Å². The molecule has 1 saturated heterocycles. The molecule has 1 fully saturated rings. The first-order valence-corrected chi connectivity index (χ1v) is 4.84. The largest absolute Gasteiger partial charge is 0.368 e. The fraction of sp³-hybridized carbons (Fsp3) is 0.900. The standard InChI is InChI=1S/C10H19NO2/c1-7-5-6-13-8(7)9(12)11-10(2,3)4/h7-8H,5-6H2,1-4H3,(H,11,12)/t7-,8+/m1/s1. The van der Waals surface area contributed by atoms with Crippen LogP contribution in [0, 0.1) is 5.92 Å². The Bertz CT molecular complexity index is 196. The van der Waals surface area contributed by atoms with E-state index in [9.17, 15) is 4.79 Å². The maximum Gasteiger partial charge on any atom is 0.249 e. The fourth-order valence-corrected chi connectivity index (χ4v) is 1.47. The highest BCUT2D eigenvalue weighted by molar-refractivity contribution is 5.81. The zero-order valence-corrected chi connectivity index (χ0v) is 8.89. The van der Waals surface area contributed by atoms with Crippen LogP contribution in [0.3, 0.4) is 0 Å². The molecular weight excluding hydrogens is 166 g/mol.